The molecular weight excluding hydrogens is 362 g/mol. The number of para-hydroxylation sites is 2. The highest BCUT2D eigenvalue weighted by Gasteiger charge is 2.34. The van der Waals surface area contributed by atoms with Crippen LogP contribution in [0.4, 0.5) is 11.4 Å². The number of anilines is 2. The van der Waals surface area contributed by atoms with E-state index in [1.54, 1.807) is 22.7 Å². The first kappa shape index (κ1) is 17.4. The van der Waals surface area contributed by atoms with Crippen molar-refractivity contribution >= 4 is 35.0 Å². The van der Waals surface area contributed by atoms with E-state index in [0.717, 1.165) is 21.2 Å². The van der Waals surface area contributed by atoms with Crippen LogP contribution >= 0.6 is 11.8 Å². The number of furan rings is 1. The van der Waals surface area contributed by atoms with Crippen LogP contribution in [0.3, 0.4) is 0 Å². The number of rotatable bonds is 4. The lowest BCUT2D eigenvalue weighted by Gasteiger charge is -2.33. The Balaban J connectivity index is 1.69. The lowest BCUT2D eigenvalue weighted by molar-refractivity contribution is -0.126. The van der Waals surface area contributed by atoms with Gasteiger partial charge in [-0.2, -0.15) is 0 Å². The second kappa shape index (κ2) is 7.32. The van der Waals surface area contributed by atoms with Crippen LogP contribution in [0.5, 0.6) is 0 Å². The fourth-order valence-corrected chi connectivity index (χ4v) is 4.03. The number of benzene rings is 2. The van der Waals surface area contributed by atoms with Crippen molar-refractivity contribution in [1.82, 2.24) is 0 Å². The van der Waals surface area contributed by atoms with Gasteiger partial charge in [0.2, 0.25) is 5.76 Å². The normalized spacial score (nSPS) is 13.4. The predicted molar refractivity (Wildman–Crippen MR) is 102 cm³/mol. The van der Waals surface area contributed by atoms with E-state index in [-0.39, 0.29) is 11.7 Å². The zero-order valence-electron chi connectivity index (χ0n) is 14.6. The summed E-state index contributed by atoms with van der Waals surface area (Å²) in [6.45, 7) is 1.81. The molecule has 1 aliphatic heterocycles. The average Bonchev–Trinajstić information content (AvgIpc) is 3.24. The molecule has 1 atom stereocenters. The number of fused-ring (bicyclic) bond motifs is 2. The molecule has 2 aromatic carbocycles. The van der Waals surface area contributed by atoms with Gasteiger partial charge in [-0.1, -0.05) is 43.0 Å². The lowest BCUT2D eigenvalue weighted by atomic mass is 10.1. The maximum atomic E-state index is 13.4. The average molecular weight is 379 g/mol. The highest BCUT2D eigenvalue weighted by molar-refractivity contribution is 7.99. The molecule has 0 saturated carbocycles. The van der Waals surface area contributed by atoms with Gasteiger partial charge in [0.25, 0.3) is 5.91 Å². The smallest absolute Gasteiger partial charge is 0.374 e. The van der Waals surface area contributed by atoms with Crippen LogP contribution < -0.4 is 4.90 Å². The summed E-state index contributed by atoms with van der Waals surface area (Å²) in [5.41, 5.74) is 1.58. The van der Waals surface area contributed by atoms with Crippen LogP contribution in [0, 0.1) is 0 Å². The van der Waals surface area contributed by atoms with E-state index >= 15 is 0 Å². The summed E-state index contributed by atoms with van der Waals surface area (Å²) in [7, 11) is 0. The minimum Gasteiger partial charge on any atom is -0.457 e. The van der Waals surface area contributed by atoms with Gasteiger partial charge >= 0.3 is 5.97 Å². The van der Waals surface area contributed by atoms with E-state index in [0.29, 0.717) is 6.42 Å². The van der Waals surface area contributed by atoms with Crippen LogP contribution in [0.25, 0.3) is 0 Å². The molecule has 0 fully saturated rings. The predicted octanol–water partition coefficient (Wildman–Crippen LogP) is 5.04. The van der Waals surface area contributed by atoms with Crippen LogP contribution in [-0.2, 0) is 9.53 Å². The second-order valence-corrected chi connectivity index (χ2v) is 7.07. The van der Waals surface area contributed by atoms with Crippen molar-refractivity contribution in [2.24, 2.45) is 0 Å². The largest absolute Gasteiger partial charge is 0.457 e. The van der Waals surface area contributed by atoms with Gasteiger partial charge in [0.05, 0.1) is 17.6 Å². The summed E-state index contributed by atoms with van der Waals surface area (Å²) in [4.78, 5) is 29.2. The monoisotopic (exact) mass is 379 g/mol. The number of ether oxygens (including phenoxy) is 1. The third-order valence-electron chi connectivity index (χ3n) is 4.27. The third-order valence-corrected chi connectivity index (χ3v) is 5.40. The molecule has 0 spiro atoms. The van der Waals surface area contributed by atoms with Gasteiger partial charge in [-0.3, -0.25) is 9.69 Å². The summed E-state index contributed by atoms with van der Waals surface area (Å²) >= 11 is 1.62. The highest BCUT2D eigenvalue weighted by Crippen LogP contribution is 2.48. The standard InChI is InChI=1S/C21H17NO4S/c1-2-16(26-21(24)17-10-7-13-25-17)20(23)22-14-8-3-5-11-18(14)27-19-12-6-4-9-15(19)22/h3-13,16H,2H2,1H3. The molecule has 0 bridgehead atoms. The van der Waals surface area contributed by atoms with Crippen LogP contribution in [0.15, 0.2) is 81.1 Å². The maximum Gasteiger partial charge on any atom is 0.374 e. The topological polar surface area (TPSA) is 59.8 Å². The van der Waals surface area contributed by atoms with Crippen molar-refractivity contribution in [3.63, 3.8) is 0 Å². The van der Waals surface area contributed by atoms with E-state index in [1.165, 1.54) is 12.3 Å². The van der Waals surface area contributed by atoms with Crippen LogP contribution in [0.1, 0.15) is 23.9 Å². The van der Waals surface area contributed by atoms with Crippen molar-refractivity contribution in [1.29, 1.82) is 0 Å². The molecule has 4 rings (SSSR count). The molecule has 27 heavy (non-hydrogen) atoms. The summed E-state index contributed by atoms with van der Waals surface area (Å²) in [5, 5.41) is 0. The molecule has 0 aliphatic carbocycles. The number of hydrogen-bond donors (Lipinski definition) is 0. The Kier molecular flexibility index (Phi) is 4.73. The summed E-state index contributed by atoms with van der Waals surface area (Å²) in [6.07, 6.45) is 0.847. The highest BCUT2D eigenvalue weighted by atomic mass is 32.2. The number of esters is 1. The number of nitrogens with zero attached hydrogens (tertiary/aromatic N) is 1. The van der Waals surface area contributed by atoms with Crippen LogP contribution in [0.2, 0.25) is 0 Å². The van der Waals surface area contributed by atoms with E-state index in [4.69, 9.17) is 9.15 Å². The molecule has 5 nitrogen and oxygen atoms in total. The van der Waals surface area contributed by atoms with E-state index in [9.17, 15) is 9.59 Å². The van der Waals surface area contributed by atoms with Crippen LogP contribution in [-0.4, -0.2) is 18.0 Å². The summed E-state index contributed by atoms with van der Waals surface area (Å²) < 4.78 is 10.5. The third kappa shape index (κ3) is 3.24. The van der Waals surface area contributed by atoms with Gasteiger partial charge < -0.3 is 9.15 Å². The van der Waals surface area contributed by atoms with Gasteiger partial charge in [0.1, 0.15) is 0 Å². The van der Waals surface area contributed by atoms with Crippen molar-refractivity contribution in [3.05, 3.63) is 72.7 Å². The zero-order chi connectivity index (χ0) is 18.8. The number of hydrogen-bond acceptors (Lipinski definition) is 5. The van der Waals surface area contributed by atoms with Crippen molar-refractivity contribution in [2.75, 3.05) is 4.90 Å². The van der Waals surface area contributed by atoms with Gasteiger partial charge in [-0.05, 0) is 42.8 Å². The van der Waals surface area contributed by atoms with Crippen molar-refractivity contribution < 1.29 is 18.7 Å². The first-order chi connectivity index (χ1) is 13.2. The molecule has 0 saturated heterocycles. The van der Waals surface area contributed by atoms with Gasteiger partial charge in [0, 0.05) is 9.79 Å². The summed E-state index contributed by atoms with van der Waals surface area (Å²) in [5.74, 6) is -0.845. The second-order valence-electron chi connectivity index (χ2n) is 5.99. The fraction of sp³-hybridized carbons (Fsp3) is 0.143. The molecule has 0 N–H and O–H groups in total. The Bertz CT molecular complexity index is 938. The zero-order valence-corrected chi connectivity index (χ0v) is 15.4. The molecule has 1 unspecified atom stereocenters. The molecular formula is C21H17NO4S. The van der Waals surface area contributed by atoms with E-state index in [1.807, 2.05) is 55.5 Å². The Morgan fingerprint density at radius 1 is 1.00 bits per heavy atom. The molecule has 1 aromatic heterocycles. The Hall–Kier alpha value is -2.99. The molecule has 1 aliphatic rings. The molecule has 2 heterocycles. The van der Waals surface area contributed by atoms with Crippen molar-refractivity contribution in [3.8, 4) is 0 Å². The molecule has 136 valence electrons. The number of carbonyl (C=O) groups excluding carboxylic acids is 2. The van der Waals surface area contributed by atoms with E-state index < -0.39 is 12.1 Å². The minimum absolute atomic E-state index is 0.0799. The maximum absolute atomic E-state index is 13.4. The van der Waals surface area contributed by atoms with Gasteiger partial charge in [0.15, 0.2) is 6.10 Å². The van der Waals surface area contributed by atoms with E-state index in [2.05, 4.69) is 0 Å². The molecule has 0 radical (unpaired) electrons. The Morgan fingerprint density at radius 2 is 1.63 bits per heavy atom. The van der Waals surface area contributed by atoms with Gasteiger partial charge in [-0.15, -0.1) is 0 Å². The summed E-state index contributed by atoms with van der Waals surface area (Å²) in [6, 6.07) is 18.5. The molecule has 3 aromatic rings. The number of amides is 1. The minimum atomic E-state index is -0.910. The SMILES string of the molecule is CCC(OC(=O)c1ccco1)C(=O)N1c2ccccc2Sc2ccccc21. The number of carbonyl (C=O) groups is 2. The molecule has 6 heteroatoms. The first-order valence-corrected chi connectivity index (χ1v) is 9.45. The lowest BCUT2D eigenvalue weighted by Crippen LogP contribution is -2.39. The fourth-order valence-electron chi connectivity index (χ4n) is 2.98. The van der Waals surface area contributed by atoms with Gasteiger partial charge in [-0.25, -0.2) is 4.79 Å². The van der Waals surface area contributed by atoms with Crippen molar-refractivity contribution in [2.45, 2.75) is 29.2 Å². The Labute approximate surface area is 160 Å². The Morgan fingerprint density at radius 3 is 2.19 bits per heavy atom. The molecule has 1 amide bonds. The quantitative estimate of drug-likeness (QED) is 0.594. The first-order valence-electron chi connectivity index (χ1n) is 8.63.